The van der Waals surface area contributed by atoms with Crippen molar-refractivity contribution in [1.82, 2.24) is 5.32 Å². The maximum atomic E-state index is 13.2. The Hall–Kier alpha value is -3.20. The van der Waals surface area contributed by atoms with Gasteiger partial charge in [-0.25, -0.2) is 4.79 Å². The van der Waals surface area contributed by atoms with E-state index in [1.807, 2.05) is 12.1 Å². The van der Waals surface area contributed by atoms with E-state index in [1.54, 1.807) is 44.4 Å². The maximum absolute atomic E-state index is 13.2. The van der Waals surface area contributed by atoms with Gasteiger partial charge in [0.25, 0.3) is 5.91 Å². The molecule has 34 heavy (non-hydrogen) atoms. The van der Waals surface area contributed by atoms with Gasteiger partial charge in [-0.1, -0.05) is 42.5 Å². The minimum Gasteiger partial charge on any atom is -0.487 e. The first kappa shape index (κ1) is 25.4. The molecule has 3 aromatic carbocycles. The number of thioether (sulfide) groups is 1. The number of benzene rings is 3. The van der Waals surface area contributed by atoms with Crippen molar-refractivity contribution in [2.24, 2.45) is 0 Å². The van der Waals surface area contributed by atoms with Gasteiger partial charge in [0.05, 0.1) is 11.1 Å². The van der Waals surface area contributed by atoms with E-state index in [1.165, 1.54) is 23.9 Å². The lowest BCUT2D eigenvalue weighted by atomic mass is 10.0. The Morgan fingerprint density at radius 1 is 1.03 bits per heavy atom. The highest BCUT2D eigenvalue weighted by atomic mass is 32.2. The summed E-state index contributed by atoms with van der Waals surface area (Å²) in [6, 6.07) is 13.9. The number of carboxylic acid groups (broad SMARTS) is 1. The summed E-state index contributed by atoms with van der Waals surface area (Å²) in [6.45, 7) is 3.36. The van der Waals surface area contributed by atoms with Crippen LogP contribution in [-0.4, -0.2) is 34.0 Å². The van der Waals surface area contributed by atoms with Gasteiger partial charge >= 0.3 is 12.1 Å². The highest BCUT2D eigenvalue weighted by molar-refractivity contribution is 8.00. The summed E-state index contributed by atoms with van der Waals surface area (Å²) in [5.74, 6) is -1.56. The van der Waals surface area contributed by atoms with Crippen molar-refractivity contribution in [2.45, 2.75) is 37.4 Å². The quantitative estimate of drug-likeness (QED) is 0.419. The number of carbonyl (C=O) groups is 2. The second kappa shape index (κ2) is 9.97. The monoisotopic (exact) mass is 491 g/mol. The number of carbonyl (C=O) groups excluding carboxylic acids is 1. The summed E-state index contributed by atoms with van der Waals surface area (Å²) < 4.78 is 43.7. The maximum Gasteiger partial charge on any atom is 0.416 e. The van der Waals surface area contributed by atoms with Crippen molar-refractivity contribution in [3.8, 4) is 5.75 Å². The number of hydrogen-bond acceptors (Lipinski definition) is 4. The molecule has 180 valence electrons. The van der Waals surface area contributed by atoms with Crippen LogP contribution in [-0.2, 0) is 17.6 Å². The second-order valence-corrected chi connectivity index (χ2v) is 9.66. The van der Waals surface area contributed by atoms with Crippen molar-refractivity contribution < 1.29 is 32.6 Å². The van der Waals surface area contributed by atoms with E-state index in [9.17, 15) is 27.9 Å². The molecule has 5 nitrogen and oxygen atoms in total. The van der Waals surface area contributed by atoms with Crippen molar-refractivity contribution in [2.75, 3.05) is 6.26 Å². The van der Waals surface area contributed by atoms with Gasteiger partial charge < -0.3 is 15.2 Å². The average molecular weight is 492 g/mol. The lowest BCUT2D eigenvalue weighted by molar-refractivity contribution is -0.140. The van der Waals surface area contributed by atoms with Crippen molar-refractivity contribution >= 4 is 34.4 Å². The summed E-state index contributed by atoms with van der Waals surface area (Å²) in [4.78, 5) is 25.0. The van der Waals surface area contributed by atoms with Crippen LogP contribution in [0, 0.1) is 0 Å². The number of alkyl halides is 3. The first-order valence-corrected chi connectivity index (χ1v) is 11.6. The number of nitrogens with one attached hydrogen (secondary N) is 1. The lowest BCUT2D eigenvalue weighted by Crippen LogP contribution is -2.52. The molecule has 0 saturated carbocycles. The molecule has 0 heterocycles. The summed E-state index contributed by atoms with van der Waals surface area (Å²) in [6.07, 6.45) is -2.68. The zero-order valence-electron chi connectivity index (χ0n) is 18.8. The Bertz CT molecular complexity index is 1190. The van der Waals surface area contributed by atoms with Crippen LogP contribution < -0.4 is 10.1 Å². The molecule has 0 aliphatic heterocycles. The third kappa shape index (κ3) is 5.64. The van der Waals surface area contributed by atoms with Gasteiger partial charge in [0.2, 0.25) is 0 Å². The van der Waals surface area contributed by atoms with Crippen molar-refractivity contribution in [1.29, 1.82) is 0 Å². The van der Waals surface area contributed by atoms with E-state index in [0.717, 1.165) is 17.5 Å². The fourth-order valence-electron chi connectivity index (χ4n) is 3.38. The minimum atomic E-state index is -4.44. The highest BCUT2D eigenvalue weighted by Gasteiger charge is 2.36. The number of carboxylic acids is 1. The molecule has 3 aromatic rings. The fraction of sp³-hybridized carbons (Fsp3) is 0.280. The van der Waals surface area contributed by atoms with Gasteiger partial charge in [-0.05, 0) is 49.3 Å². The van der Waals surface area contributed by atoms with E-state index in [0.29, 0.717) is 10.9 Å². The van der Waals surface area contributed by atoms with Gasteiger partial charge in [0.1, 0.15) is 18.4 Å². The Morgan fingerprint density at radius 3 is 2.26 bits per heavy atom. The first-order valence-electron chi connectivity index (χ1n) is 10.3. The molecule has 0 unspecified atom stereocenters. The molecule has 0 saturated heterocycles. The normalized spacial score (nSPS) is 12.9. The molecular weight excluding hydrogens is 467 g/mol. The third-order valence-corrected chi connectivity index (χ3v) is 6.82. The summed E-state index contributed by atoms with van der Waals surface area (Å²) >= 11 is 1.31. The molecule has 0 aromatic heterocycles. The number of aliphatic carboxylic acids is 1. The van der Waals surface area contributed by atoms with Crippen LogP contribution in [0.2, 0.25) is 0 Å². The number of ether oxygens (including phenoxy) is 1. The largest absolute Gasteiger partial charge is 0.487 e. The predicted molar refractivity (Wildman–Crippen MR) is 126 cm³/mol. The molecule has 9 heteroatoms. The number of rotatable bonds is 8. The van der Waals surface area contributed by atoms with E-state index in [2.05, 4.69) is 5.32 Å². The zero-order valence-corrected chi connectivity index (χ0v) is 19.6. The number of hydrogen-bond donors (Lipinski definition) is 2. The SMILES string of the molecule is CSC(C)(C)[C@H](NC(=O)c1ccc2ccccc2c1OCc1ccc(C(F)(F)F)cc1)C(=O)O. The molecule has 0 aliphatic rings. The second-order valence-electron chi connectivity index (χ2n) is 8.20. The topological polar surface area (TPSA) is 75.6 Å². The Balaban J connectivity index is 1.94. The smallest absolute Gasteiger partial charge is 0.416 e. The summed E-state index contributed by atoms with van der Waals surface area (Å²) in [5, 5.41) is 13.7. The Labute approximate surface area is 199 Å². The van der Waals surface area contributed by atoms with Crippen LogP contribution in [0.5, 0.6) is 5.75 Å². The Morgan fingerprint density at radius 2 is 1.68 bits per heavy atom. The standard InChI is InChI=1S/C25H24F3NO4S/c1-24(2,34-3)21(23(31)32)29-22(30)19-13-10-16-6-4-5-7-18(16)20(19)33-14-15-8-11-17(12-9-15)25(26,27)28/h4-13,21H,14H2,1-3H3,(H,29,30)(H,31,32)/t21-/m1/s1. The van der Waals surface area contributed by atoms with E-state index in [-0.39, 0.29) is 17.9 Å². The summed E-state index contributed by atoms with van der Waals surface area (Å²) in [5.41, 5.74) is -0.148. The van der Waals surface area contributed by atoms with Crippen LogP contribution in [0.25, 0.3) is 10.8 Å². The van der Waals surface area contributed by atoms with Crippen molar-refractivity contribution in [3.05, 3.63) is 77.4 Å². The number of halogens is 3. The molecule has 0 fully saturated rings. The molecule has 2 N–H and O–H groups in total. The third-order valence-electron chi connectivity index (χ3n) is 5.53. The molecule has 3 rings (SSSR count). The Kier molecular flexibility index (Phi) is 7.45. The number of amides is 1. The van der Waals surface area contributed by atoms with Crippen LogP contribution in [0.3, 0.4) is 0 Å². The highest BCUT2D eigenvalue weighted by Crippen LogP contribution is 2.33. The van der Waals surface area contributed by atoms with E-state index in [4.69, 9.17) is 4.74 Å². The number of fused-ring (bicyclic) bond motifs is 1. The van der Waals surface area contributed by atoms with E-state index >= 15 is 0 Å². The van der Waals surface area contributed by atoms with E-state index < -0.39 is 34.4 Å². The van der Waals surface area contributed by atoms with Gasteiger partial charge in [-0.3, -0.25) is 4.79 Å². The summed E-state index contributed by atoms with van der Waals surface area (Å²) in [7, 11) is 0. The predicted octanol–water partition coefficient (Wildman–Crippen LogP) is 5.76. The minimum absolute atomic E-state index is 0.0783. The fourth-order valence-corrected chi connectivity index (χ4v) is 3.78. The lowest BCUT2D eigenvalue weighted by Gasteiger charge is -2.30. The van der Waals surface area contributed by atoms with Gasteiger partial charge in [0.15, 0.2) is 0 Å². The average Bonchev–Trinajstić information content (AvgIpc) is 2.80. The molecule has 0 bridgehead atoms. The molecular formula is C25H24F3NO4S. The van der Waals surface area contributed by atoms with Crippen LogP contribution in [0.4, 0.5) is 13.2 Å². The molecule has 0 spiro atoms. The molecule has 1 amide bonds. The van der Waals surface area contributed by atoms with Gasteiger partial charge in [-0.2, -0.15) is 24.9 Å². The van der Waals surface area contributed by atoms with Gasteiger partial charge in [0, 0.05) is 10.1 Å². The van der Waals surface area contributed by atoms with Crippen LogP contribution >= 0.6 is 11.8 Å². The molecule has 1 atom stereocenters. The van der Waals surface area contributed by atoms with Crippen LogP contribution in [0.15, 0.2) is 60.7 Å². The van der Waals surface area contributed by atoms with Gasteiger partial charge in [-0.15, -0.1) is 0 Å². The first-order chi connectivity index (χ1) is 15.9. The molecule has 0 aliphatic carbocycles. The van der Waals surface area contributed by atoms with Crippen LogP contribution in [0.1, 0.15) is 35.3 Å². The molecule has 0 radical (unpaired) electrons. The zero-order chi connectivity index (χ0) is 25.1. The van der Waals surface area contributed by atoms with Crippen molar-refractivity contribution in [3.63, 3.8) is 0 Å².